The highest BCUT2D eigenvalue weighted by molar-refractivity contribution is 5.85. The van der Waals surface area contributed by atoms with E-state index in [9.17, 15) is 0 Å². The Bertz CT molecular complexity index is 537. The van der Waals surface area contributed by atoms with E-state index >= 15 is 0 Å². The Morgan fingerprint density at radius 1 is 1.26 bits per heavy atom. The highest BCUT2D eigenvalue weighted by atomic mass is 14.9. The van der Waals surface area contributed by atoms with Crippen LogP contribution in [-0.4, -0.2) is 17.6 Å². The summed E-state index contributed by atoms with van der Waals surface area (Å²) in [5.74, 6) is 0. The highest BCUT2D eigenvalue weighted by Crippen LogP contribution is 2.24. The molecule has 0 aliphatic heterocycles. The number of aryl methyl sites for hydroxylation is 3. The molecule has 0 bridgehead atoms. The van der Waals surface area contributed by atoms with E-state index in [4.69, 9.17) is 0 Å². The fraction of sp³-hybridized carbons (Fsp3) is 0.529. The van der Waals surface area contributed by atoms with Gasteiger partial charge in [0.15, 0.2) is 0 Å². The summed E-state index contributed by atoms with van der Waals surface area (Å²) >= 11 is 0. The molecule has 0 saturated carbocycles. The van der Waals surface area contributed by atoms with Gasteiger partial charge in [-0.1, -0.05) is 26.8 Å². The minimum absolute atomic E-state index is 0.579. The van der Waals surface area contributed by atoms with Gasteiger partial charge in [0.05, 0.1) is 0 Å². The predicted molar refractivity (Wildman–Crippen MR) is 83.9 cm³/mol. The molecule has 0 fully saturated rings. The van der Waals surface area contributed by atoms with Gasteiger partial charge in [-0.15, -0.1) is 0 Å². The summed E-state index contributed by atoms with van der Waals surface area (Å²) in [6.45, 7) is 9.90. The summed E-state index contributed by atoms with van der Waals surface area (Å²) in [7, 11) is 0. The molecule has 1 heterocycles. The van der Waals surface area contributed by atoms with Crippen molar-refractivity contribution in [3.8, 4) is 0 Å². The van der Waals surface area contributed by atoms with Gasteiger partial charge in [-0.3, -0.25) is 0 Å². The SMILES string of the molecule is CCc1ccc2[nH]c(C)c(CCCNC(C)C)c2c1. The van der Waals surface area contributed by atoms with Crippen molar-refractivity contribution in [2.24, 2.45) is 0 Å². The molecule has 1 aromatic carbocycles. The lowest BCUT2D eigenvalue weighted by Gasteiger charge is -2.08. The predicted octanol–water partition coefficient (Wildman–Crippen LogP) is 3.97. The quantitative estimate of drug-likeness (QED) is 0.754. The molecule has 0 radical (unpaired) electrons. The lowest BCUT2D eigenvalue weighted by atomic mass is 10.0. The first-order chi connectivity index (χ1) is 9.11. The minimum Gasteiger partial charge on any atom is -0.358 e. The van der Waals surface area contributed by atoms with Crippen LogP contribution in [-0.2, 0) is 12.8 Å². The Kier molecular flexibility index (Phi) is 4.65. The van der Waals surface area contributed by atoms with E-state index in [2.05, 4.69) is 56.2 Å². The van der Waals surface area contributed by atoms with Crippen molar-refractivity contribution in [3.63, 3.8) is 0 Å². The van der Waals surface area contributed by atoms with Gasteiger partial charge in [0.2, 0.25) is 0 Å². The minimum atomic E-state index is 0.579. The maximum atomic E-state index is 3.51. The van der Waals surface area contributed by atoms with E-state index < -0.39 is 0 Å². The average Bonchev–Trinajstić information content (AvgIpc) is 2.69. The molecule has 2 nitrogen and oxygen atoms in total. The standard InChI is InChI=1S/C17H26N2/c1-5-14-8-9-17-16(11-14)15(13(4)19-17)7-6-10-18-12(2)3/h8-9,11-12,18-19H,5-7,10H2,1-4H3. The largest absolute Gasteiger partial charge is 0.358 e. The topological polar surface area (TPSA) is 27.8 Å². The Morgan fingerprint density at radius 3 is 2.74 bits per heavy atom. The Hall–Kier alpha value is -1.28. The van der Waals surface area contributed by atoms with Crippen molar-refractivity contribution < 1.29 is 0 Å². The van der Waals surface area contributed by atoms with Gasteiger partial charge >= 0.3 is 0 Å². The van der Waals surface area contributed by atoms with Crippen molar-refractivity contribution in [1.29, 1.82) is 0 Å². The fourth-order valence-corrected chi connectivity index (χ4v) is 2.63. The molecular weight excluding hydrogens is 232 g/mol. The van der Waals surface area contributed by atoms with Crippen LogP contribution in [0.1, 0.15) is 44.0 Å². The molecule has 0 amide bonds. The second-order valence-electron chi connectivity index (χ2n) is 5.67. The van der Waals surface area contributed by atoms with Gasteiger partial charge < -0.3 is 10.3 Å². The summed E-state index contributed by atoms with van der Waals surface area (Å²) in [5, 5.41) is 4.91. The number of aromatic amines is 1. The third-order valence-corrected chi connectivity index (χ3v) is 3.75. The van der Waals surface area contributed by atoms with Gasteiger partial charge in [0.1, 0.15) is 0 Å². The van der Waals surface area contributed by atoms with Crippen molar-refractivity contribution in [2.75, 3.05) is 6.54 Å². The molecule has 1 aromatic heterocycles. The van der Waals surface area contributed by atoms with Crippen molar-refractivity contribution >= 4 is 10.9 Å². The monoisotopic (exact) mass is 258 g/mol. The zero-order valence-corrected chi connectivity index (χ0v) is 12.6. The lowest BCUT2D eigenvalue weighted by molar-refractivity contribution is 0.570. The van der Waals surface area contributed by atoms with E-state index in [0.717, 1.165) is 19.4 Å². The number of benzene rings is 1. The molecule has 0 unspecified atom stereocenters. The maximum Gasteiger partial charge on any atom is 0.0459 e. The molecular formula is C17H26N2. The summed E-state index contributed by atoms with van der Waals surface area (Å²) in [6.07, 6.45) is 3.45. The molecule has 19 heavy (non-hydrogen) atoms. The summed E-state index contributed by atoms with van der Waals surface area (Å²) < 4.78 is 0. The van der Waals surface area contributed by atoms with Crippen LogP contribution < -0.4 is 5.32 Å². The Balaban J connectivity index is 2.14. The van der Waals surface area contributed by atoms with Crippen LogP contribution in [0.5, 0.6) is 0 Å². The van der Waals surface area contributed by atoms with Gasteiger partial charge in [0, 0.05) is 22.6 Å². The van der Waals surface area contributed by atoms with Crippen LogP contribution in [0.2, 0.25) is 0 Å². The number of hydrogen-bond donors (Lipinski definition) is 2. The number of fused-ring (bicyclic) bond motifs is 1. The lowest BCUT2D eigenvalue weighted by Crippen LogP contribution is -2.23. The first-order valence-electron chi connectivity index (χ1n) is 7.45. The van der Waals surface area contributed by atoms with Gasteiger partial charge in [0.25, 0.3) is 0 Å². The molecule has 0 atom stereocenters. The molecule has 0 aliphatic rings. The van der Waals surface area contributed by atoms with Crippen LogP contribution in [0.25, 0.3) is 10.9 Å². The molecule has 2 N–H and O–H groups in total. The van der Waals surface area contributed by atoms with Crippen molar-refractivity contribution in [1.82, 2.24) is 10.3 Å². The summed E-state index contributed by atoms with van der Waals surface area (Å²) in [4.78, 5) is 3.51. The second-order valence-corrected chi connectivity index (χ2v) is 5.67. The number of hydrogen-bond acceptors (Lipinski definition) is 1. The molecule has 2 rings (SSSR count). The number of H-pyrrole nitrogens is 1. The van der Waals surface area contributed by atoms with Crippen LogP contribution >= 0.6 is 0 Å². The highest BCUT2D eigenvalue weighted by Gasteiger charge is 2.08. The number of rotatable bonds is 6. The first-order valence-corrected chi connectivity index (χ1v) is 7.45. The third kappa shape index (κ3) is 3.38. The zero-order valence-electron chi connectivity index (χ0n) is 12.6. The van der Waals surface area contributed by atoms with E-state index in [1.165, 1.54) is 34.1 Å². The van der Waals surface area contributed by atoms with Gasteiger partial charge in [-0.25, -0.2) is 0 Å². The maximum absolute atomic E-state index is 3.51. The molecule has 104 valence electrons. The molecule has 2 aromatic rings. The zero-order chi connectivity index (χ0) is 13.8. The van der Waals surface area contributed by atoms with Crippen LogP contribution in [0.15, 0.2) is 18.2 Å². The van der Waals surface area contributed by atoms with Gasteiger partial charge in [-0.05, 0) is 56.0 Å². The smallest absolute Gasteiger partial charge is 0.0459 e. The Labute approximate surface area is 116 Å². The van der Waals surface area contributed by atoms with E-state index in [-0.39, 0.29) is 0 Å². The van der Waals surface area contributed by atoms with Crippen molar-refractivity contribution in [3.05, 3.63) is 35.0 Å². The number of nitrogens with one attached hydrogen (secondary N) is 2. The van der Waals surface area contributed by atoms with Crippen molar-refractivity contribution in [2.45, 2.75) is 53.0 Å². The second kappa shape index (κ2) is 6.25. The molecule has 0 aliphatic carbocycles. The molecule has 0 spiro atoms. The van der Waals surface area contributed by atoms with Crippen LogP contribution in [0, 0.1) is 6.92 Å². The average molecular weight is 258 g/mol. The number of aromatic nitrogens is 1. The summed E-state index contributed by atoms with van der Waals surface area (Å²) in [5.41, 5.74) is 5.53. The Morgan fingerprint density at radius 2 is 2.05 bits per heavy atom. The molecule has 0 saturated heterocycles. The summed E-state index contributed by atoms with van der Waals surface area (Å²) in [6, 6.07) is 7.37. The van der Waals surface area contributed by atoms with E-state index in [1.807, 2.05) is 0 Å². The van der Waals surface area contributed by atoms with E-state index in [1.54, 1.807) is 0 Å². The first kappa shape index (κ1) is 14.1. The van der Waals surface area contributed by atoms with Crippen LogP contribution in [0.3, 0.4) is 0 Å². The van der Waals surface area contributed by atoms with Crippen LogP contribution in [0.4, 0.5) is 0 Å². The fourth-order valence-electron chi connectivity index (χ4n) is 2.63. The van der Waals surface area contributed by atoms with Gasteiger partial charge in [-0.2, -0.15) is 0 Å². The third-order valence-electron chi connectivity index (χ3n) is 3.75. The van der Waals surface area contributed by atoms with E-state index in [0.29, 0.717) is 6.04 Å². The molecule has 2 heteroatoms. The normalized spacial score (nSPS) is 11.6.